The Morgan fingerprint density at radius 1 is 1.42 bits per heavy atom. The van der Waals surface area contributed by atoms with Gasteiger partial charge in [-0.25, -0.2) is 0 Å². The largest absolute Gasteiger partial charge is 0.497 e. The summed E-state index contributed by atoms with van der Waals surface area (Å²) >= 11 is 0. The highest BCUT2D eigenvalue weighted by Gasteiger charge is 2.23. The molecule has 0 aliphatic carbocycles. The van der Waals surface area contributed by atoms with Crippen molar-refractivity contribution in [2.75, 3.05) is 20.2 Å². The lowest BCUT2D eigenvalue weighted by atomic mass is 9.96. The van der Waals surface area contributed by atoms with Gasteiger partial charge in [0.2, 0.25) is 0 Å². The Hall–Kier alpha value is -1.81. The number of nitrogens with one attached hydrogen (secondary N) is 1. The van der Waals surface area contributed by atoms with Gasteiger partial charge < -0.3 is 10.1 Å². The Labute approximate surface area is 113 Å². The van der Waals surface area contributed by atoms with Gasteiger partial charge in [0.15, 0.2) is 0 Å². The van der Waals surface area contributed by atoms with Crippen molar-refractivity contribution >= 4 is 0 Å². The average Bonchev–Trinajstić information content (AvgIpc) is 3.07. The monoisotopic (exact) mass is 257 g/mol. The smallest absolute Gasteiger partial charge is 0.119 e. The lowest BCUT2D eigenvalue weighted by Crippen LogP contribution is -2.11. The highest BCUT2D eigenvalue weighted by atomic mass is 16.5. The van der Waals surface area contributed by atoms with Gasteiger partial charge in [-0.2, -0.15) is 5.10 Å². The third kappa shape index (κ3) is 2.24. The zero-order valence-electron chi connectivity index (χ0n) is 11.4. The molecule has 1 N–H and O–H groups in total. The van der Waals surface area contributed by atoms with E-state index in [9.17, 15) is 0 Å². The van der Waals surface area contributed by atoms with Crippen molar-refractivity contribution in [3.63, 3.8) is 0 Å². The predicted octanol–water partition coefficient (Wildman–Crippen LogP) is 2.17. The van der Waals surface area contributed by atoms with Crippen molar-refractivity contribution in [1.29, 1.82) is 0 Å². The van der Waals surface area contributed by atoms with Gasteiger partial charge in [0.25, 0.3) is 0 Å². The summed E-state index contributed by atoms with van der Waals surface area (Å²) in [5.74, 6) is 1.44. The van der Waals surface area contributed by atoms with E-state index in [1.807, 2.05) is 30.1 Å². The van der Waals surface area contributed by atoms with Crippen LogP contribution < -0.4 is 10.1 Å². The molecule has 0 spiro atoms. The van der Waals surface area contributed by atoms with Crippen molar-refractivity contribution in [2.24, 2.45) is 7.05 Å². The van der Waals surface area contributed by atoms with Gasteiger partial charge >= 0.3 is 0 Å². The second-order valence-electron chi connectivity index (χ2n) is 4.99. The molecule has 2 aromatic rings. The minimum Gasteiger partial charge on any atom is -0.497 e. The van der Waals surface area contributed by atoms with Crippen LogP contribution in [0.15, 0.2) is 30.5 Å². The summed E-state index contributed by atoms with van der Waals surface area (Å²) in [6.07, 6.45) is 3.14. The molecule has 3 rings (SSSR count). The Balaban J connectivity index is 2.04. The molecule has 1 saturated heterocycles. The Morgan fingerprint density at radius 2 is 2.32 bits per heavy atom. The first-order valence-electron chi connectivity index (χ1n) is 6.66. The van der Waals surface area contributed by atoms with E-state index in [0.717, 1.165) is 18.8 Å². The molecule has 0 amide bonds. The fraction of sp³-hybridized carbons (Fsp3) is 0.400. The van der Waals surface area contributed by atoms with Crippen LogP contribution >= 0.6 is 0 Å². The van der Waals surface area contributed by atoms with E-state index in [4.69, 9.17) is 4.74 Å². The van der Waals surface area contributed by atoms with E-state index in [1.54, 1.807) is 7.11 Å². The average molecular weight is 257 g/mol. The molecule has 1 atom stereocenters. The van der Waals surface area contributed by atoms with Gasteiger partial charge in [-0.3, -0.25) is 4.68 Å². The number of ether oxygens (including phenoxy) is 1. The summed E-state index contributed by atoms with van der Waals surface area (Å²) in [5, 5.41) is 7.86. The number of aromatic nitrogens is 2. The van der Waals surface area contributed by atoms with E-state index < -0.39 is 0 Å². The molecule has 1 unspecified atom stereocenters. The summed E-state index contributed by atoms with van der Waals surface area (Å²) in [7, 11) is 3.72. The number of aryl methyl sites for hydroxylation is 1. The van der Waals surface area contributed by atoms with Crippen LogP contribution in [0.5, 0.6) is 5.75 Å². The highest BCUT2D eigenvalue weighted by Crippen LogP contribution is 2.33. The van der Waals surface area contributed by atoms with Gasteiger partial charge in [-0.1, -0.05) is 12.1 Å². The standard InChI is InChI=1S/C15H19N3O/c1-18-15(12-6-7-16-9-12)14(10-17-18)11-4-3-5-13(8-11)19-2/h3-5,8,10,12,16H,6-7,9H2,1-2H3. The van der Waals surface area contributed by atoms with Gasteiger partial charge in [0.05, 0.1) is 19.0 Å². The third-order valence-corrected chi connectivity index (χ3v) is 3.81. The first kappa shape index (κ1) is 12.2. The van der Waals surface area contributed by atoms with Crippen molar-refractivity contribution in [1.82, 2.24) is 15.1 Å². The maximum atomic E-state index is 5.31. The van der Waals surface area contributed by atoms with E-state index in [-0.39, 0.29) is 0 Å². The first-order chi connectivity index (χ1) is 9.29. The molecule has 0 bridgehead atoms. The second-order valence-corrected chi connectivity index (χ2v) is 4.99. The number of nitrogens with zero attached hydrogens (tertiary/aromatic N) is 2. The SMILES string of the molecule is COc1cccc(-c2cnn(C)c2C2CCNC2)c1. The summed E-state index contributed by atoms with van der Waals surface area (Å²) in [5.41, 5.74) is 3.71. The van der Waals surface area contributed by atoms with Crippen LogP contribution in [-0.4, -0.2) is 30.0 Å². The molecule has 0 saturated carbocycles. The number of hydrogen-bond donors (Lipinski definition) is 1. The summed E-state index contributed by atoms with van der Waals surface area (Å²) in [6.45, 7) is 2.13. The highest BCUT2D eigenvalue weighted by molar-refractivity contribution is 5.67. The zero-order chi connectivity index (χ0) is 13.2. The molecular weight excluding hydrogens is 238 g/mol. The number of hydrogen-bond acceptors (Lipinski definition) is 3. The van der Waals surface area contributed by atoms with Crippen LogP contribution in [0.25, 0.3) is 11.1 Å². The van der Waals surface area contributed by atoms with Crippen molar-refractivity contribution < 1.29 is 4.74 Å². The van der Waals surface area contributed by atoms with Crippen molar-refractivity contribution in [2.45, 2.75) is 12.3 Å². The number of rotatable bonds is 3. The van der Waals surface area contributed by atoms with Crippen LogP contribution in [0.4, 0.5) is 0 Å². The van der Waals surface area contributed by atoms with Crippen LogP contribution in [0, 0.1) is 0 Å². The minimum absolute atomic E-state index is 0.550. The molecule has 2 heterocycles. The molecule has 4 nitrogen and oxygen atoms in total. The topological polar surface area (TPSA) is 39.1 Å². The van der Waals surface area contributed by atoms with Gasteiger partial charge in [0, 0.05) is 25.1 Å². The van der Waals surface area contributed by atoms with Crippen LogP contribution in [-0.2, 0) is 7.05 Å². The van der Waals surface area contributed by atoms with E-state index in [0.29, 0.717) is 5.92 Å². The maximum Gasteiger partial charge on any atom is 0.119 e. The fourth-order valence-electron chi connectivity index (χ4n) is 2.83. The predicted molar refractivity (Wildman–Crippen MR) is 75.4 cm³/mol. The summed E-state index contributed by atoms with van der Waals surface area (Å²) in [4.78, 5) is 0. The third-order valence-electron chi connectivity index (χ3n) is 3.81. The summed E-state index contributed by atoms with van der Waals surface area (Å²) in [6, 6.07) is 8.18. The summed E-state index contributed by atoms with van der Waals surface area (Å²) < 4.78 is 7.32. The van der Waals surface area contributed by atoms with E-state index >= 15 is 0 Å². The number of methoxy groups -OCH3 is 1. The first-order valence-corrected chi connectivity index (χ1v) is 6.66. The van der Waals surface area contributed by atoms with Crippen molar-refractivity contribution in [3.8, 4) is 16.9 Å². The molecule has 1 aromatic carbocycles. The molecular formula is C15H19N3O. The molecule has 4 heteroatoms. The molecule has 1 aliphatic rings. The van der Waals surface area contributed by atoms with Crippen LogP contribution in [0.1, 0.15) is 18.0 Å². The van der Waals surface area contributed by atoms with Gasteiger partial charge in [-0.05, 0) is 30.7 Å². The molecule has 1 fully saturated rings. The normalized spacial score (nSPS) is 18.7. The molecule has 100 valence electrons. The molecule has 19 heavy (non-hydrogen) atoms. The van der Waals surface area contributed by atoms with Gasteiger partial charge in [0.1, 0.15) is 5.75 Å². The van der Waals surface area contributed by atoms with Gasteiger partial charge in [-0.15, -0.1) is 0 Å². The Kier molecular flexibility index (Phi) is 3.25. The van der Waals surface area contributed by atoms with Crippen molar-refractivity contribution in [3.05, 3.63) is 36.2 Å². The lowest BCUT2D eigenvalue weighted by Gasteiger charge is -2.13. The number of benzene rings is 1. The molecule has 1 aliphatic heterocycles. The Bertz CT molecular complexity index is 571. The Morgan fingerprint density at radius 3 is 3.05 bits per heavy atom. The van der Waals surface area contributed by atoms with E-state index in [2.05, 4.69) is 22.5 Å². The minimum atomic E-state index is 0.550. The lowest BCUT2D eigenvalue weighted by molar-refractivity contribution is 0.415. The van der Waals surface area contributed by atoms with Crippen LogP contribution in [0.3, 0.4) is 0 Å². The zero-order valence-corrected chi connectivity index (χ0v) is 11.4. The molecule has 0 radical (unpaired) electrons. The maximum absolute atomic E-state index is 5.31. The van der Waals surface area contributed by atoms with E-state index in [1.165, 1.54) is 23.2 Å². The second kappa shape index (κ2) is 5.05. The molecule has 1 aromatic heterocycles. The fourth-order valence-corrected chi connectivity index (χ4v) is 2.83. The van der Waals surface area contributed by atoms with Crippen LogP contribution in [0.2, 0.25) is 0 Å². The quantitative estimate of drug-likeness (QED) is 0.916.